The maximum absolute atomic E-state index is 9.41. The van der Waals surface area contributed by atoms with Crippen LogP contribution in [0.1, 0.15) is 37.9 Å². The van der Waals surface area contributed by atoms with E-state index in [1.54, 1.807) is 12.2 Å². The van der Waals surface area contributed by atoms with Crippen molar-refractivity contribution in [2.24, 2.45) is 0 Å². The SMILES string of the molecule is CC(C)(C)c1ccc(C2NC=CC=C2C(O)O)cc1. The summed E-state index contributed by atoms with van der Waals surface area (Å²) >= 11 is 0. The highest BCUT2D eigenvalue weighted by Crippen LogP contribution is 2.28. The largest absolute Gasteiger partial charge is 0.380 e. The summed E-state index contributed by atoms with van der Waals surface area (Å²) in [6.45, 7) is 6.52. The molecule has 0 saturated carbocycles. The standard InChI is InChI=1S/C16H21NO2/c1-16(2,3)12-8-6-11(7-9-12)14-13(15(18)19)5-4-10-17-14/h4-10,14-15,17-19H,1-3H3. The first-order valence-electron chi connectivity index (χ1n) is 6.49. The third-order valence-corrected chi connectivity index (χ3v) is 3.39. The summed E-state index contributed by atoms with van der Waals surface area (Å²) in [4.78, 5) is 0. The van der Waals surface area contributed by atoms with Gasteiger partial charge in [-0.1, -0.05) is 51.1 Å². The fraction of sp³-hybridized carbons (Fsp3) is 0.375. The van der Waals surface area contributed by atoms with Gasteiger partial charge >= 0.3 is 0 Å². The van der Waals surface area contributed by atoms with Crippen LogP contribution in [0, 0.1) is 0 Å². The molecule has 0 radical (unpaired) electrons. The lowest BCUT2D eigenvalue weighted by molar-refractivity contribution is -0.0131. The minimum Gasteiger partial charge on any atom is -0.380 e. The highest BCUT2D eigenvalue weighted by Gasteiger charge is 2.22. The van der Waals surface area contributed by atoms with Gasteiger partial charge in [0.25, 0.3) is 0 Å². The van der Waals surface area contributed by atoms with Crippen molar-refractivity contribution in [1.29, 1.82) is 0 Å². The molecule has 0 saturated heterocycles. The summed E-state index contributed by atoms with van der Waals surface area (Å²) in [6, 6.07) is 8.08. The molecule has 3 N–H and O–H groups in total. The first kappa shape index (κ1) is 13.8. The van der Waals surface area contributed by atoms with Gasteiger partial charge in [-0.15, -0.1) is 0 Å². The molecular formula is C16H21NO2. The lowest BCUT2D eigenvalue weighted by Gasteiger charge is -2.26. The van der Waals surface area contributed by atoms with Crippen molar-refractivity contribution in [1.82, 2.24) is 5.32 Å². The van der Waals surface area contributed by atoms with E-state index in [2.05, 4.69) is 38.2 Å². The first-order valence-corrected chi connectivity index (χ1v) is 6.49. The summed E-state index contributed by atoms with van der Waals surface area (Å²) in [5, 5.41) is 22.0. The maximum atomic E-state index is 9.41. The van der Waals surface area contributed by atoms with E-state index in [4.69, 9.17) is 0 Å². The van der Waals surface area contributed by atoms with Crippen molar-refractivity contribution < 1.29 is 10.2 Å². The molecule has 2 rings (SSSR count). The van der Waals surface area contributed by atoms with Gasteiger partial charge in [-0.05, 0) is 28.8 Å². The van der Waals surface area contributed by atoms with Crippen molar-refractivity contribution >= 4 is 0 Å². The summed E-state index contributed by atoms with van der Waals surface area (Å²) in [6.07, 6.45) is 3.89. The normalized spacial score (nSPS) is 19.3. The number of hydrogen-bond donors (Lipinski definition) is 3. The molecule has 1 aliphatic rings. The molecule has 0 spiro atoms. The van der Waals surface area contributed by atoms with Gasteiger partial charge in [-0.3, -0.25) is 0 Å². The lowest BCUT2D eigenvalue weighted by Crippen LogP contribution is -2.27. The van der Waals surface area contributed by atoms with Gasteiger partial charge in [-0.25, -0.2) is 0 Å². The molecule has 0 aliphatic carbocycles. The Morgan fingerprint density at radius 1 is 1.11 bits per heavy atom. The smallest absolute Gasteiger partial charge is 0.176 e. The van der Waals surface area contributed by atoms with Crippen LogP contribution < -0.4 is 5.32 Å². The molecule has 1 aromatic carbocycles. The highest BCUT2D eigenvalue weighted by atomic mass is 16.5. The second-order valence-corrected chi connectivity index (χ2v) is 5.87. The predicted molar refractivity (Wildman–Crippen MR) is 76.5 cm³/mol. The van der Waals surface area contributed by atoms with Gasteiger partial charge in [0.05, 0.1) is 6.04 Å². The average molecular weight is 259 g/mol. The molecular weight excluding hydrogens is 238 g/mol. The molecule has 3 heteroatoms. The van der Waals surface area contributed by atoms with E-state index in [-0.39, 0.29) is 11.5 Å². The van der Waals surface area contributed by atoms with Crippen LogP contribution in [0.25, 0.3) is 0 Å². The van der Waals surface area contributed by atoms with Crippen LogP contribution in [0.4, 0.5) is 0 Å². The molecule has 0 amide bonds. The first-order chi connectivity index (χ1) is 8.89. The summed E-state index contributed by atoms with van der Waals surface area (Å²) in [7, 11) is 0. The van der Waals surface area contributed by atoms with Crippen molar-refractivity contribution in [3.8, 4) is 0 Å². The van der Waals surface area contributed by atoms with Gasteiger partial charge < -0.3 is 15.5 Å². The molecule has 0 fully saturated rings. The molecule has 1 heterocycles. The van der Waals surface area contributed by atoms with Gasteiger partial charge in [0.1, 0.15) is 0 Å². The Kier molecular flexibility index (Phi) is 3.78. The van der Waals surface area contributed by atoms with E-state index in [1.165, 1.54) is 5.56 Å². The highest BCUT2D eigenvalue weighted by molar-refractivity contribution is 5.37. The molecule has 1 aliphatic heterocycles. The van der Waals surface area contributed by atoms with E-state index >= 15 is 0 Å². The van der Waals surface area contributed by atoms with E-state index < -0.39 is 6.29 Å². The molecule has 0 bridgehead atoms. The van der Waals surface area contributed by atoms with Gasteiger partial charge in [0, 0.05) is 5.57 Å². The second-order valence-electron chi connectivity index (χ2n) is 5.87. The zero-order valence-corrected chi connectivity index (χ0v) is 11.6. The van der Waals surface area contributed by atoms with Crippen LogP contribution >= 0.6 is 0 Å². The molecule has 1 aromatic rings. The third-order valence-electron chi connectivity index (χ3n) is 3.39. The summed E-state index contributed by atoms with van der Waals surface area (Å²) < 4.78 is 0. The predicted octanol–water partition coefficient (Wildman–Crippen LogP) is 2.38. The number of nitrogens with one attached hydrogen (secondary N) is 1. The second kappa shape index (κ2) is 5.19. The molecule has 0 aromatic heterocycles. The zero-order valence-electron chi connectivity index (χ0n) is 11.6. The fourth-order valence-corrected chi connectivity index (χ4v) is 2.20. The third kappa shape index (κ3) is 3.06. The maximum Gasteiger partial charge on any atom is 0.176 e. The number of aliphatic hydroxyl groups is 2. The Morgan fingerprint density at radius 3 is 2.26 bits per heavy atom. The van der Waals surface area contributed by atoms with Gasteiger partial charge in [0.15, 0.2) is 6.29 Å². The Morgan fingerprint density at radius 2 is 1.74 bits per heavy atom. The Balaban J connectivity index is 2.28. The van der Waals surface area contributed by atoms with Crippen molar-refractivity contribution in [3.05, 3.63) is 59.3 Å². The lowest BCUT2D eigenvalue weighted by atomic mass is 9.85. The zero-order chi connectivity index (χ0) is 14.0. The number of aliphatic hydroxyl groups excluding tert-OH is 1. The minimum atomic E-state index is -1.44. The van der Waals surface area contributed by atoms with E-state index in [1.807, 2.05) is 18.3 Å². The van der Waals surface area contributed by atoms with E-state index in [9.17, 15) is 10.2 Å². The number of benzene rings is 1. The van der Waals surface area contributed by atoms with E-state index in [0.29, 0.717) is 5.57 Å². The van der Waals surface area contributed by atoms with Crippen molar-refractivity contribution in [2.75, 3.05) is 0 Å². The molecule has 3 nitrogen and oxygen atoms in total. The van der Waals surface area contributed by atoms with Crippen LogP contribution in [0.2, 0.25) is 0 Å². The number of allylic oxidation sites excluding steroid dienone is 2. The van der Waals surface area contributed by atoms with Gasteiger partial charge in [-0.2, -0.15) is 0 Å². The van der Waals surface area contributed by atoms with Gasteiger partial charge in [0.2, 0.25) is 0 Å². The Hall–Kier alpha value is -1.58. The molecule has 1 atom stereocenters. The van der Waals surface area contributed by atoms with Crippen LogP contribution in [0.3, 0.4) is 0 Å². The number of rotatable bonds is 2. The van der Waals surface area contributed by atoms with Crippen LogP contribution in [-0.2, 0) is 5.41 Å². The quantitative estimate of drug-likeness (QED) is 0.715. The fourth-order valence-electron chi connectivity index (χ4n) is 2.20. The average Bonchev–Trinajstić information content (AvgIpc) is 2.38. The number of hydrogen-bond acceptors (Lipinski definition) is 3. The van der Waals surface area contributed by atoms with Crippen LogP contribution in [0.15, 0.2) is 48.2 Å². The topological polar surface area (TPSA) is 52.5 Å². The van der Waals surface area contributed by atoms with E-state index in [0.717, 1.165) is 5.56 Å². The van der Waals surface area contributed by atoms with Crippen molar-refractivity contribution in [2.45, 2.75) is 38.5 Å². The molecule has 102 valence electrons. The molecule has 19 heavy (non-hydrogen) atoms. The monoisotopic (exact) mass is 259 g/mol. The summed E-state index contributed by atoms with van der Waals surface area (Å²) in [5.41, 5.74) is 2.97. The van der Waals surface area contributed by atoms with Crippen molar-refractivity contribution in [3.63, 3.8) is 0 Å². The number of dihydropyridines is 1. The molecule has 1 unspecified atom stereocenters. The van der Waals surface area contributed by atoms with Crippen LogP contribution in [0.5, 0.6) is 0 Å². The Bertz CT molecular complexity index is 492. The van der Waals surface area contributed by atoms with Crippen LogP contribution in [-0.4, -0.2) is 16.5 Å². The minimum absolute atomic E-state index is 0.119. The summed E-state index contributed by atoms with van der Waals surface area (Å²) in [5.74, 6) is 0. The Labute approximate surface area is 114 Å².